The summed E-state index contributed by atoms with van der Waals surface area (Å²) in [7, 11) is 0. The third-order valence-electron chi connectivity index (χ3n) is 3.85. The number of halogens is 2. The summed E-state index contributed by atoms with van der Waals surface area (Å²) < 4.78 is 0. The lowest BCUT2D eigenvalue weighted by Crippen LogP contribution is -2.30. The Labute approximate surface area is 153 Å². The van der Waals surface area contributed by atoms with Gasteiger partial charge in [0.05, 0.1) is 6.42 Å². The van der Waals surface area contributed by atoms with Crippen molar-refractivity contribution in [1.82, 2.24) is 0 Å². The van der Waals surface area contributed by atoms with Crippen LogP contribution in [0.5, 0.6) is 0 Å². The lowest BCUT2D eigenvalue weighted by Gasteiger charge is -2.27. The van der Waals surface area contributed by atoms with Gasteiger partial charge in [-0.1, -0.05) is 29.3 Å². The van der Waals surface area contributed by atoms with Crippen LogP contribution in [0.1, 0.15) is 26.3 Å². The van der Waals surface area contributed by atoms with Crippen LogP contribution in [0.25, 0.3) is 0 Å². The first-order chi connectivity index (χ1) is 11.4. The van der Waals surface area contributed by atoms with Gasteiger partial charge < -0.3 is 10.2 Å². The number of hydrogen-bond acceptors (Lipinski definition) is 2. The Balaban J connectivity index is 2.04. The average Bonchev–Trinajstić information content (AvgIpc) is 2.53. The van der Waals surface area contributed by atoms with Crippen LogP contribution in [0.3, 0.4) is 0 Å². The lowest BCUT2D eigenvalue weighted by atomic mass is 10.1. The number of anilines is 2. The molecule has 24 heavy (non-hydrogen) atoms. The van der Waals surface area contributed by atoms with Gasteiger partial charge in [-0.25, -0.2) is 0 Å². The molecule has 0 saturated carbocycles. The molecule has 0 aliphatic rings. The minimum absolute atomic E-state index is 0.144. The molecule has 1 N–H and O–H groups in total. The third-order valence-corrected chi connectivity index (χ3v) is 4.55. The minimum atomic E-state index is -0.144. The smallest absolute Gasteiger partial charge is 0.228 e. The summed E-state index contributed by atoms with van der Waals surface area (Å²) in [6, 6.07) is 13.5. The number of carbonyl (C=O) groups is 1. The van der Waals surface area contributed by atoms with Gasteiger partial charge >= 0.3 is 0 Å². The standard InChI is InChI=1S/C19H22Cl2N2O/c1-4-23(13(2)3)15-10-8-14(9-11-15)22-19(24)12-16-17(20)6-5-7-18(16)21/h5-11,13H,4,12H2,1-3H3,(H,22,24). The van der Waals surface area contributed by atoms with Gasteiger partial charge in [-0.2, -0.15) is 0 Å². The van der Waals surface area contributed by atoms with Gasteiger partial charge in [0.15, 0.2) is 0 Å². The summed E-state index contributed by atoms with van der Waals surface area (Å²) in [5, 5.41) is 3.89. The third kappa shape index (κ3) is 4.65. The molecule has 2 aromatic rings. The van der Waals surface area contributed by atoms with Crippen LogP contribution in [0.4, 0.5) is 11.4 Å². The maximum Gasteiger partial charge on any atom is 0.228 e. The van der Waals surface area contributed by atoms with Gasteiger partial charge in [0, 0.05) is 34.0 Å². The molecule has 0 aliphatic heterocycles. The van der Waals surface area contributed by atoms with E-state index < -0.39 is 0 Å². The number of amides is 1. The highest BCUT2D eigenvalue weighted by Gasteiger charge is 2.12. The molecule has 0 atom stereocenters. The molecule has 1 amide bonds. The highest BCUT2D eigenvalue weighted by molar-refractivity contribution is 6.36. The van der Waals surface area contributed by atoms with Crippen molar-refractivity contribution in [2.45, 2.75) is 33.2 Å². The second-order valence-corrected chi connectivity index (χ2v) is 6.67. The van der Waals surface area contributed by atoms with Crippen molar-refractivity contribution in [3.8, 4) is 0 Å². The zero-order chi connectivity index (χ0) is 17.7. The van der Waals surface area contributed by atoms with E-state index in [0.717, 1.165) is 17.9 Å². The van der Waals surface area contributed by atoms with Crippen molar-refractivity contribution < 1.29 is 4.79 Å². The van der Waals surface area contributed by atoms with Crippen molar-refractivity contribution in [3.05, 3.63) is 58.1 Å². The number of hydrogen-bond donors (Lipinski definition) is 1. The Hall–Kier alpha value is -1.71. The Morgan fingerprint density at radius 2 is 1.67 bits per heavy atom. The maximum absolute atomic E-state index is 12.2. The summed E-state index contributed by atoms with van der Waals surface area (Å²) in [5.74, 6) is -0.144. The SMILES string of the molecule is CCN(c1ccc(NC(=O)Cc2c(Cl)cccc2Cl)cc1)C(C)C. The van der Waals surface area contributed by atoms with Crippen LogP contribution in [-0.4, -0.2) is 18.5 Å². The van der Waals surface area contributed by atoms with Crippen LogP contribution in [-0.2, 0) is 11.2 Å². The van der Waals surface area contributed by atoms with Gasteiger partial charge in [0.25, 0.3) is 0 Å². The maximum atomic E-state index is 12.2. The molecule has 2 aromatic carbocycles. The number of carbonyl (C=O) groups excluding carboxylic acids is 1. The summed E-state index contributed by atoms with van der Waals surface area (Å²) >= 11 is 12.2. The van der Waals surface area contributed by atoms with E-state index in [-0.39, 0.29) is 12.3 Å². The highest BCUT2D eigenvalue weighted by Crippen LogP contribution is 2.25. The van der Waals surface area contributed by atoms with Crippen LogP contribution < -0.4 is 10.2 Å². The zero-order valence-electron chi connectivity index (χ0n) is 14.1. The van der Waals surface area contributed by atoms with E-state index >= 15 is 0 Å². The fourth-order valence-electron chi connectivity index (χ4n) is 2.65. The number of nitrogens with zero attached hydrogens (tertiary/aromatic N) is 1. The molecule has 0 bridgehead atoms. The van der Waals surface area contributed by atoms with E-state index in [1.807, 2.05) is 24.3 Å². The zero-order valence-corrected chi connectivity index (χ0v) is 15.7. The van der Waals surface area contributed by atoms with E-state index in [2.05, 4.69) is 31.0 Å². The molecule has 0 spiro atoms. The van der Waals surface area contributed by atoms with E-state index in [4.69, 9.17) is 23.2 Å². The Bertz CT molecular complexity index is 679. The fourth-order valence-corrected chi connectivity index (χ4v) is 3.18. The van der Waals surface area contributed by atoms with Gasteiger partial charge in [-0.05, 0) is 62.7 Å². The molecule has 0 radical (unpaired) electrons. The first-order valence-electron chi connectivity index (χ1n) is 8.01. The second kappa shape index (κ2) is 8.41. The average molecular weight is 365 g/mol. The Morgan fingerprint density at radius 3 is 2.17 bits per heavy atom. The van der Waals surface area contributed by atoms with Crippen molar-refractivity contribution in [2.24, 2.45) is 0 Å². The highest BCUT2D eigenvalue weighted by atomic mass is 35.5. The molecule has 0 fully saturated rings. The van der Waals surface area contributed by atoms with Crippen molar-refractivity contribution in [1.29, 1.82) is 0 Å². The lowest BCUT2D eigenvalue weighted by molar-refractivity contribution is -0.115. The number of rotatable bonds is 6. The molecule has 3 nitrogen and oxygen atoms in total. The van der Waals surface area contributed by atoms with Gasteiger partial charge in [0.1, 0.15) is 0 Å². The predicted octanol–water partition coefficient (Wildman–Crippen LogP) is 5.41. The number of nitrogens with one attached hydrogen (secondary N) is 1. The van der Waals surface area contributed by atoms with Crippen LogP contribution in [0, 0.1) is 0 Å². The van der Waals surface area contributed by atoms with Gasteiger partial charge in [-0.15, -0.1) is 0 Å². The van der Waals surface area contributed by atoms with E-state index in [0.29, 0.717) is 21.7 Å². The minimum Gasteiger partial charge on any atom is -0.369 e. The molecule has 0 aromatic heterocycles. The molecule has 0 aliphatic carbocycles. The molecule has 128 valence electrons. The fraction of sp³-hybridized carbons (Fsp3) is 0.316. The molecule has 5 heteroatoms. The number of benzene rings is 2. The summed E-state index contributed by atoms with van der Waals surface area (Å²) in [6.45, 7) is 7.39. The van der Waals surface area contributed by atoms with Crippen LogP contribution in [0.15, 0.2) is 42.5 Å². The molecular formula is C19H22Cl2N2O. The molecule has 0 unspecified atom stereocenters. The van der Waals surface area contributed by atoms with E-state index in [1.54, 1.807) is 18.2 Å². The quantitative estimate of drug-likeness (QED) is 0.742. The van der Waals surface area contributed by atoms with Crippen molar-refractivity contribution in [3.63, 3.8) is 0 Å². The van der Waals surface area contributed by atoms with E-state index in [9.17, 15) is 4.79 Å². The summed E-state index contributed by atoms with van der Waals surface area (Å²) in [5.41, 5.74) is 2.54. The molecule has 2 rings (SSSR count). The molecular weight excluding hydrogens is 343 g/mol. The predicted molar refractivity (Wildman–Crippen MR) is 103 cm³/mol. The first kappa shape index (κ1) is 18.6. The van der Waals surface area contributed by atoms with Gasteiger partial charge in [-0.3, -0.25) is 4.79 Å². The summed E-state index contributed by atoms with van der Waals surface area (Å²) in [6.07, 6.45) is 0.146. The molecule has 0 heterocycles. The monoisotopic (exact) mass is 364 g/mol. The summed E-state index contributed by atoms with van der Waals surface area (Å²) in [4.78, 5) is 14.5. The topological polar surface area (TPSA) is 32.3 Å². The Morgan fingerprint density at radius 1 is 1.08 bits per heavy atom. The first-order valence-corrected chi connectivity index (χ1v) is 8.77. The largest absolute Gasteiger partial charge is 0.369 e. The normalized spacial score (nSPS) is 10.8. The van der Waals surface area contributed by atoms with Gasteiger partial charge in [0.2, 0.25) is 5.91 Å². The molecule has 0 saturated heterocycles. The van der Waals surface area contributed by atoms with Crippen LogP contribution >= 0.6 is 23.2 Å². The second-order valence-electron chi connectivity index (χ2n) is 5.85. The van der Waals surface area contributed by atoms with Crippen molar-refractivity contribution >= 4 is 40.5 Å². The van der Waals surface area contributed by atoms with Crippen molar-refractivity contribution in [2.75, 3.05) is 16.8 Å². The van der Waals surface area contributed by atoms with E-state index in [1.165, 1.54) is 0 Å². The Kier molecular flexibility index (Phi) is 6.52. The van der Waals surface area contributed by atoms with Crippen LogP contribution in [0.2, 0.25) is 10.0 Å².